The van der Waals surface area contributed by atoms with E-state index in [1.165, 1.54) is 24.8 Å². The summed E-state index contributed by atoms with van der Waals surface area (Å²) in [6.07, 6.45) is 6.77. The van der Waals surface area contributed by atoms with E-state index in [4.69, 9.17) is 0 Å². The third-order valence-corrected chi connectivity index (χ3v) is 9.39. The molecule has 0 radical (unpaired) electrons. The van der Waals surface area contributed by atoms with Gasteiger partial charge in [0.2, 0.25) is 5.91 Å². The molecule has 1 aromatic carbocycles. The fourth-order valence-corrected chi connectivity index (χ4v) is 6.81. The molecule has 2 amide bonds. The minimum Gasteiger partial charge on any atom is -0.365 e. The molecule has 2 aromatic rings. The van der Waals surface area contributed by atoms with Gasteiger partial charge in [0.25, 0.3) is 5.91 Å². The van der Waals surface area contributed by atoms with Crippen LogP contribution in [0.1, 0.15) is 61.0 Å². The maximum Gasteiger partial charge on any atom is 0.269 e. The molecule has 1 aliphatic heterocycles. The van der Waals surface area contributed by atoms with Gasteiger partial charge in [0, 0.05) is 31.2 Å². The summed E-state index contributed by atoms with van der Waals surface area (Å²) in [6.45, 7) is 1.58. The number of carbonyl (C=O) groups excluding carboxylic acids is 2. The van der Waals surface area contributed by atoms with Gasteiger partial charge in [-0.15, -0.1) is 0 Å². The van der Waals surface area contributed by atoms with Crippen molar-refractivity contribution in [2.75, 3.05) is 46.1 Å². The largest absolute Gasteiger partial charge is 0.365 e. The number of anilines is 1. The first kappa shape index (κ1) is 27.7. The van der Waals surface area contributed by atoms with Crippen molar-refractivity contribution in [2.24, 2.45) is 5.92 Å². The zero-order valence-electron chi connectivity index (χ0n) is 23.4. The van der Waals surface area contributed by atoms with Crippen molar-refractivity contribution in [3.63, 3.8) is 0 Å². The Morgan fingerprint density at radius 2 is 1.77 bits per heavy atom. The number of pyridine rings is 1. The van der Waals surface area contributed by atoms with Crippen LogP contribution in [-0.2, 0) is 10.3 Å². The Bertz CT molecular complexity index is 1160. The molecule has 2 heterocycles. The van der Waals surface area contributed by atoms with Crippen LogP contribution in [-0.4, -0.2) is 89.3 Å². The van der Waals surface area contributed by atoms with Crippen LogP contribution in [0.5, 0.6) is 0 Å². The molecule has 3 fully saturated rings. The molecule has 5 rings (SSSR count). The van der Waals surface area contributed by atoms with Gasteiger partial charge in [0.05, 0.1) is 6.54 Å². The Balaban J connectivity index is 1.32. The first-order valence-electron chi connectivity index (χ1n) is 14.2. The van der Waals surface area contributed by atoms with Crippen LogP contribution in [0.4, 0.5) is 5.82 Å². The van der Waals surface area contributed by atoms with Crippen LogP contribution in [0.15, 0.2) is 48.5 Å². The number of rotatable bonds is 8. The molecule has 1 saturated heterocycles. The lowest BCUT2D eigenvalue weighted by Crippen LogP contribution is -2.57. The third kappa shape index (κ3) is 5.45. The predicted molar refractivity (Wildman–Crippen MR) is 151 cm³/mol. The average Bonchev–Trinajstić information content (AvgIpc) is 3.16. The molecule has 2 saturated carbocycles. The lowest BCUT2D eigenvalue weighted by molar-refractivity contribution is -0.126. The second kappa shape index (κ2) is 11.3. The molecule has 9 heteroatoms. The van der Waals surface area contributed by atoms with E-state index in [2.05, 4.69) is 69.8 Å². The Labute approximate surface area is 231 Å². The Morgan fingerprint density at radius 1 is 1.05 bits per heavy atom. The topological polar surface area (TPSA) is 101 Å². The van der Waals surface area contributed by atoms with E-state index >= 15 is 0 Å². The molecule has 210 valence electrons. The third-order valence-electron chi connectivity index (χ3n) is 9.39. The van der Waals surface area contributed by atoms with E-state index in [-0.39, 0.29) is 35.1 Å². The lowest BCUT2D eigenvalue weighted by Gasteiger charge is -2.52. The molecule has 1 spiro atoms. The second-order valence-corrected chi connectivity index (χ2v) is 11.8. The van der Waals surface area contributed by atoms with Gasteiger partial charge in [-0.25, -0.2) is 4.98 Å². The number of aliphatic hydroxyl groups excluding tert-OH is 1. The minimum atomic E-state index is -0.801. The van der Waals surface area contributed by atoms with Crippen LogP contribution in [0.2, 0.25) is 0 Å². The minimum absolute atomic E-state index is 0.0358. The summed E-state index contributed by atoms with van der Waals surface area (Å²) in [7, 11) is 5.89. The number of hydrogen-bond donors (Lipinski definition) is 3. The molecule has 1 atom stereocenters. The Morgan fingerprint density at radius 3 is 2.38 bits per heavy atom. The zero-order chi connectivity index (χ0) is 27.6. The highest BCUT2D eigenvalue weighted by Gasteiger charge is 2.55. The van der Waals surface area contributed by atoms with E-state index in [1.54, 1.807) is 25.2 Å². The Kier molecular flexibility index (Phi) is 8.05. The number of benzene rings is 1. The molecule has 2 aliphatic carbocycles. The van der Waals surface area contributed by atoms with Gasteiger partial charge < -0.3 is 15.7 Å². The van der Waals surface area contributed by atoms with Gasteiger partial charge in [0.15, 0.2) is 6.35 Å². The summed E-state index contributed by atoms with van der Waals surface area (Å²) in [5, 5.41) is 16.9. The van der Waals surface area contributed by atoms with Crippen LogP contribution < -0.4 is 10.6 Å². The summed E-state index contributed by atoms with van der Waals surface area (Å²) in [6, 6.07) is 15.7. The molecule has 3 N–H and O–H groups in total. The van der Waals surface area contributed by atoms with Crippen LogP contribution >= 0.6 is 0 Å². The van der Waals surface area contributed by atoms with Gasteiger partial charge >= 0.3 is 0 Å². The summed E-state index contributed by atoms with van der Waals surface area (Å²) in [5.41, 5.74) is 1.39. The van der Waals surface area contributed by atoms with Crippen LogP contribution in [0.25, 0.3) is 0 Å². The molecule has 0 bridgehead atoms. The summed E-state index contributed by atoms with van der Waals surface area (Å²) < 4.78 is 0. The molecule has 39 heavy (non-hydrogen) atoms. The van der Waals surface area contributed by atoms with E-state index in [9.17, 15) is 14.7 Å². The van der Waals surface area contributed by atoms with Crippen molar-refractivity contribution in [2.45, 2.75) is 62.4 Å². The number of amides is 2. The standard InChI is InChI=1S/C30H42N6O3/c1-31-27(38)24-13-8-14-25(32-24)33-26(37)20-35-21-29(36(28(35)39)19-22-9-7-10-22)15-17-30(18-16-29,34(2)3)23-11-5-4-6-12-23/h4-6,8,11-14,22,28,39H,7,9-10,15-21H2,1-3H3,(H,31,38)(H,32,33,37)/t28?,29-,30+. The van der Waals surface area contributed by atoms with E-state index in [0.29, 0.717) is 18.3 Å². The highest BCUT2D eigenvalue weighted by Crippen LogP contribution is 2.50. The van der Waals surface area contributed by atoms with Crippen molar-refractivity contribution in [1.82, 2.24) is 25.0 Å². The molecular formula is C30H42N6O3. The normalized spacial score (nSPS) is 28.0. The van der Waals surface area contributed by atoms with Crippen molar-refractivity contribution in [3.8, 4) is 0 Å². The number of aliphatic hydroxyl groups is 1. The van der Waals surface area contributed by atoms with Crippen molar-refractivity contribution >= 4 is 17.6 Å². The summed E-state index contributed by atoms with van der Waals surface area (Å²) >= 11 is 0. The number of aromatic nitrogens is 1. The lowest BCUT2D eigenvalue weighted by atomic mass is 9.68. The van der Waals surface area contributed by atoms with Crippen molar-refractivity contribution < 1.29 is 14.7 Å². The maximum absolute atomic E-state index is 13.1. The monoisotopic (exact) mass is 534 g/mol. The van der Waals surface area contributed by atoms with Crippen LogP contribution in [0.3, 0.4) is 0 Å². The van der Waals surface area contributed by atoms with E-state index in [0.717, 1.165) is 32.2 Å². The molecular weight excluding hydrogens is 492 g/mol. The average molecular weight is 535 g/mol. The number of carbonyl (C=O) groups is 2. The number of nitrogens with zero attached hydrogens (tertiary/aromatic N) is 4. The molecule has 3 aliphatic rings. The van der Waals surface area contributed by atoms with Gasteiger partial charge in [0.1, 0.15) is 11.5 Å². The first-order chi connectivity index (χ1) is 18.8. The smallest absolute Gasteiger partial charge is 0.269 e. The molecule has 9 nitrogen and oxygen atoms in total. The second-order valence-electron chi connectivity index (χ2n) is 11.8. The van der Waals surface area contributed by atoms with E-state index in [1.807, 2.05) is 4.90 Å². The highest BCUT2D eigenvalue weighted by atomic mass is 16.3. The van der Waals surface area contributed by atoms with Gasteiger partial charge in [-0.3, -0.25) is 24.3 Å². The van der Waals surface area contributed by atoms with Gasteiger partial charge in [-0.2, -0.15) is 0 Å². The fraction of sp³-hybridized carbons (Fsp3) is 0.567. The quantitative estimate of drug-likeness (QED) is 0.479. The summed E-state index contributed by atoms with van der Waals surface area (Å²) in [5.74, 6) is 0.374. The molecule has 1 unspecified atom stereocenters. The first-order valence-corrected chi connectivity index (χ1v) is 14.2. The summed E-state index contributed by atoms with van der Waals surface area (Å²) in [4.78, 5) is 35.8. The SMILES string of the molecule is CNC(=O)c1cccc(NC(=O)CN2C[C@]3(CC[C@](c4ccccc4)(N(C)C)CC3)N(CC3CCC3)C2O)n1. The van der Waals surface area contributed by atoms with Crippen molar-refractivity contribution in [3.05, 3.63) is 59.8 Å². The Hall–Kier alpha value is -2.85. The predicted octanol–water partition coefficient (Wildman–Crippen LogP) is 2.84. The van der Waals surface area contributed by atoms with E-state index < -0.39 is 6.35 Å². The maximum atomic E-state index is 13.1. The highest BCUT2D eigenvalue weighted by molar-refractivity contribution is 5.94. The fourth-order valence-electron chi connectivity index (χ4n) is 6.81. The molecule has 1 aromatic heterocycles. The number of hydrogen-bond acceptors (Lipinski definition) is 7. The zero-order valence-corrected chi connectivity index (χ0v) is 23.4. The van der Waals surface area contributed by atoms with Crippen molar-refractivity contribution in [1.29, 1.82) is 0 Å². The van der Waals surface area contributed by atoms with Gasteiger partial charge in [-0.1, -0.05) is 42.8 Å². The van der Waals surface area contributed by atoms with Gasteiger partial charge in [-0.05, 0) is 76.2 Å². The number of nitrogens with one attached hydrogen (secondary N) is 2. The van der Waals surface area contributed by atoms with Crippen LogP contribution in [0, 0.1) is 5.92 Å².